The smallest absolute Gasteiger partial charge is 0.343 e. The van der Waals surface area contributed by atoms with Crippen LogP contribution in [0, 0.1) is 13.8 Å². The van der Waals surface area contributed by atoms with Crippen molar-refractivity contribution in [2.24, 2.45) is 0 Å². The number of hydrogen-bond donors (Lipinski definition) is 1. The van der Waals surface area contributed by atoms with E-state index in [9.17, 15) is 14.4 Å². The fourth-order valence-corrected chi connectivity index (χ4v) is 3.92. The van der Waals surface area contributed by atoms with Crippen LogP contribution in [-0.2, 0) is 9.59 Å². The molecule has 0 fully saturated rings. The SMILES string of the molecule is Cc1cccc(OC(=O)c2ccc(NC3=C(Cl)C(=O)N(c4cccc(Cl)c4Cl)C3=O)cc2)c1C. The third kappa shape index (κ3) is 4.40. The second-order valence-electron chi connectivity index (χ2n) is 7.50. The molecule has 0 saturated carbocycles. The normalized spacial score (nSPS) is 13.5. The summed E-state index contributed by atoms with van der Waals surface area (Å²) in [7, 11) is 0. The maximum Gasteiger partial charge on any atom is 0.343 e. The van der Waals surface area contributed by atoms with Gasteiger partial charge in [0, 0.05) is 5.69 Å². The van der Waals surface area contributed by atoms with Crippen molar-refractivity contribution in [2.45, 2.75) is 13.8 Å². The molecule has 1 aliphatic rings. The highest BCUT2D eigenvalue weighted by molar-refractivity contribution is 6.54. The van der Waals surface area contributed by atoms with E-state index in [1.165, 1.54) is 18.2 Å². The Bertz CT molecular complexity index is 1370. The molecule has 3 aromatic rings. The average Bonchev–Trinajstić information content (AvgIpc) is 3.02. The number of rotatable bonds is 5. The monoisotopic (exact) mass is 514 g/mol. The standard InChI is InChI=1S/C25H17Cl3N2O4/c1-13-5-3-8-19(14(13)2)34-25(33)15-9-11-16(12-10-15)29-22-21(28)23(31)30(24(22)32)18-7-4-6-17(26)20(18)27/h3-12,29H,1-2H3. The summed E-state index contributed by atoms with van der Waals surface area (Å²) in [5.74, 6) is -1.45. The molecule has 4 rings (SSSR count). The van der Waals surface area contributed by atoms with E-state index in [2.05, 4.69) is 5.32 Å². The number of hydrogen-bond acceptors (Lipinski definition) is 5. The van der Waals surface area contributed by atoms with Crippen molar-refractivity contribution in [1.82, 2.24) is 0 Å². The number of nitrogens with zero attached hydrogens (tertiary/aromatic N) is 1. The van der Waals surface area contributed by atoms with Gasteiger partial charge in [-0.3, -0.25) is 9.59 Å². The number of amides is 2. The Kier molecular flexibility index (Phi) is 6.66. The molecule has 2 amide bonds. The van der Waals surface area contributed by atoms with Gasteiger partial charge >= 0.3 is 5.97 Å². The predicted octanol–water partition coefficient (Wildman–Crippen LogP) is 6.27. The molecular formula is C25H17Cl3N2O4. The highest BCUT2D eigenvalue weighted by atomic mass is 35.5. The van der Waals surface area contributed by atoms with Gasteiger partial charge < -0.3 is 10.1 Å². The molecule has 3 aromatic carbocycles. The van der Waals surface area contributed by atoms with E-state index in [4.69, 9.17) is 39.5 Å². The number of imide groups is 1. The van der Waals surface area contributed by atoms with Crippen LogP contribution in [-0.4, -0.2) is 17.8 Å². The van der Waals surface area contributed by atoms with Gasteiger partial charge in [0.25, 0.3) is 11.8 Å². The molecule has 0 aromatic heterocycles. The van der Waals surface area contributed by atoms with Crippen molar-refractivity contribution in [2.75, 3.05) is 10.2 Å². The van der Waals surface area contributed by atoms with Gasteiger partial charge in [-0.2, -0.15) is 0 Å². The summed E-state index contributed by atoms with van der Waals surface area (Å²) in [4.78, 5) is 39.0. The molecule has 1 heterocycles. The van der Waals surface area contributed by atoms with Crippen molar-refractivity contribution in [3.8, 4) is 5.75 Å². The molecule has 0 saturated heterocycles. The van der Waals surface area contributed by atoms with Crippen LogP contribution in [0.3, 0.4) is 0 Å². The summed E-state index contributed by atoms with van der Waals surface area (Å²) >= 11 is 18.4. The van der Waals surface area contributed by atoms with Crippen molar-refractivity contribution in [3.63, 3.8) is 0 Å². The van der Waals surface area contributed by atoms with Gasteiger partial charge in [-0.15, -0.1) is 0 Å². The number of carbonyl (C=O) groups excluding carboxylic acids is 3. The number of ether oxygens (including phenoxy) is 1. The summed E-state index contributed by atoms with van der Waals surface area (Å²) in [5, 5.41) is 2.81. The molecule has 0 spiro atoms. The lowest BCUT2D eigenvalue weighted by atomic mass is 10.1. The molecule has 9 heteroatoms. The van der Waals surface area contributed by atoms with Gasteiger partial charge in [0.2, 0.25) is 0 Å². The summed E-state index contributed by atoms with van der Waals surface area (Å²) in [6.07, 6.45) is 0. The quantitative estimate of drug-likeness (QED) is 0.246. The van der Waals surface area contributed by atoms with Crippen LogP contribution in [0.4, 0.5) is 11.4 Å². The van der Waals surface area contributed by atoms with Gasteiger partial charge in [-0.05, 0) is 67.4 Å². The van der Waals surface area contributed by atoms with E-state index >= 15 is 0 Å². The lowest BCUT2D eigenvalue weighted by Gasteiger charge is -2.17. The van der Waals surface area contributed by atoms with Crippen molar-refractivity contribution in [3.05, 3.63) is 98.1 Å². The zero-order valence-electron chi connectivity index (χ0n) is 18.0. The van der Waals surface area contributed by atoms with E-state index in [-0.39, 0.29) is 26.5 Å². The Balaban J connectivity index is 1.51. The van der Waals surface area contributed by atoms with Gasteiger partial charge in [-0.1, -0.05) is 53.0 Å². The molecule has 34 heavy (non-hydrogen) atoms. The molecule has 0 atom stereocenters. The van der Waals surface area contributed by atoms with E-state index in [1.807, 2.05) is 26.0 Å². The molecule has 1 aliphatic heterocycles. The molecule has 0 aliphatic carbocycles. The maximum atomic E-state index is 13.0. The second kappa shape index (κ2) is 9.50. The Labute approximate surface area is 210 Å². The molecule has 0 unspecified atom stereocenters. The molecule has 0 bridgehead atoms. The van der Waals surface area contributed by atoms with Crippen LogP contribution >= 0.6 is 34.8 Å². The highest BCUT2D eigenvalue weighted by Crippen LogP contribution is 2.37. The largest absolute Gasteiger partial charge is 0.423 e. The Morgan fingerprint density at radius 3 is 2.26 bits per heavy atom. The summed E-state index contributed by atoms with van der Waals surface area (Å²) < 4.78 is 5.50. The Morgan fingerprint density at radius 2 is 1.56 bits per heavy atom. The summed E-state index contributed by atoms with van der Waals surface area (Å²) in [5.41, 5.74) is 2.66. The lowest BCUT2D eigenvalue weighted by Crippen LogP contribution is -2.32. The Morgan fingerprint density at radius 1 is 0.882 bits per heavy atom. The van der Waals surface area contributed by atoms with Gasteiger partial charge in [0.05, 0.1) is 21.3 Å². The molecule has 1 N–H and O–H groups in total. The molecular weight excluding hydrogens is 499 g/mol. The first-order valence-corrected chi connectivity index (χ1v) is 11.2. The van der Waals surface area contributed by atoms with Crippen molar-refractivity contribution in [1.29, 1.82) is 0 Å². The van der Waals surface area contributed by atoms with Crippen LogP contribution in [0.25, 0.3) is 0 Å². The number of anilines is 2. The third-order valence-corrected chi connectivity index (χ3v) is 6.51. The summed E-state index contributed by atoms with van der Waals surface area (Å²) in [6.45, 7) is 3.81. The first-order chi connectivity index (χ1) is 16.2. The van der Waals surface area contributed by atoms with E-state index in [1.54, 1.807) is 30.3 Å². The molecule has 6 nitrogen and oxygen atoms in total. The molecule has 0 radical (unpaired) electrons. The number of carbonyl (C=O) groups is 3. The number of benzene rings is 3. The van der Waals surface area contributed by atoms with Crippen LogP contribution < -0.4 is 15.0 Å². The van der Waals surface area contributed by atoms with Crippen LogP contribution in [0.15, 0.2) is 71.4 Å². The lowest BCUT2D eigenvalue weighted by molar-refractivity contribution is -0.120. The predicted molar refractivity (Wildman–Crippen MR) is 133 cm³/mol. The average molecular weight is 516 g/mol. The van der Waals surface area contributed by atoms with Crippen molar-refractivity contribution >= 4 is 64.0 Å². The fraction of sp³-hybridized carbons (Fsp3) is 0.0800. The topological polar surface area (TPSA) is 75.7 Å². The van der Waals surface area contributed by atoms with Crippen LogP contribution in [0.2, 0.25) is 10.0 Å². The third-order valence-electron chi connectivity index (χ3n) is 5.35. The minimum Gasteiger partial charge on any atom is -0.423 e. The van der Waals surface area contributed by atoms with Gasteiger partial charge in [0.1, 0.15) is 16.5 Å². The minimum atomic E-state index is -0.730. The number of esters is 1. The van der Waals surface area contributed by atoms with Gasteiger partial charge in [0.15, 0.2) is 0 Å². The van der Waals surface area contributed by atoms with E-state index in [0.717, 1.165) is 16.0 Å². The fourth-order valence-electron chi connectivity index (χ4n) is 3.32. The zero-order valence-corrected chi connectivity index (χ0v) is 20.3. The first-order valence-electron chi connectivity index (χ1n) is 10.1. The summed E-state index contributed by atoms with van der Waals surface area (Å²) in [6, 6.07) is 16.3. The van der Waals surface area contributed by atoms with Gasteiger partial charge in [-0.25, -0.2) is 9.69 Å². The van der Waals surface area contributed by atoms with Crippen LogP contribution in [0.1, 0.15) is 21.5 Å². The van der Waals surface area contributed by atoms with E-state index in [0.29, 0.717) is 17.0 Å². The highest BCUT2D eigenvalue weighted by Gasteiger charge is 2.40. The van der Waals surface area contributed by atoms with Crippen molar-refractivity contribution < 1.29 is 19.1 Å². The maximum absolute atomic E-state index is 13.0. The molecule has 172 valence electrons. The number of aryl methyl sites for hydroxylation is 1. The van der Waals surface area contributed by atoms with Crippen LogP contribution in [0.5, 0.6) is 5.75 Å². The number of halogens is 3. The van der Waals surface area contributed by atoms with E-state index < -0.39 is 17.8 Å². The Hall–Kier alpha value is -3.32. The number of nitrogens with one attached hydrogen (secondary N) is 1. The second-order valence-corrected chi connectivity index (χ2v) is 8.66. The minimum absolute atomic E-state index is 0.0586. The zero-order chi connectivity index (χ0) is 24.6. The first kappa shape index (κ1) is 23.8.